The highest BCUT2D eigenvalue weighted by molar-refractivity contribution is 6.84. The van der Waals surface area contributed by atoms with Crippen LogP contribution in [-0.2, 0) is 17.7 Å². The SMILES string of the molecule is C#C[C@@]1(O)[C@@H]2O[Si](C(C)C)(C(C)C)O[Si](C(C)C)(C(C)C)OC[C@H]2O[C@H]1n1ccc(=O)[nH]c1=O. The van der Waals surface area contributed by atoms with Crippen molar-refractivity contribution in [3.05, 3.63) is 33.1 Å². The van der Waals surface area contributed by atoms with Gasteiger partial charge in [-0.3, -0.25) is 14.3 Å². The fraction of sp³-hybridized carbons (Fsp3) is 0.739. The molecular formula is C23H38N2O7Si2. The maximum atomic E-state index is 12.6. The second kappa shape index (κ2) is 9.50. The van der Waals surface area contributed by atoms with E-state index in [0.29, 0.717) is 0 Å². The minimum Gasteiger partial charge on any atom is -0.414 e. The lowest BCUT2D eigenvalue weighted by molar-refractivity contribution is -0.0750. The quantitative estimate of drug-likeness (QED) is 0.463. The minimum absolute atomic E-state index is 0.0242. The molecule has 3 rings (SSSR count). The number of ether oxygens (including phenoxy) is 1. The van der Waals surface area contributed by atoms with Crippen LogP contribution in [0.2, 0.25) is 22.2 Å². The van der Waals surface area contributed by atoms with Crippen molar-refractivity contribution in [2.75, 3.05) is 6.61 Å². The summed E-state index contributed by atoms with van der Waals surface area (Å²) in [7, 11) is -5.88. The number of terminal acetylenes is 1. The van der Waals surface area contributed by atoms with Gasteiger partial charge in [-0.2, -0.15) is 0 Å². The van der Waals surface area contributed by atoms with Gasteiger partial charge in [-0.15, -0.1) is 6.42 Å². The molecule has 2 fully saturated rings. The number of nitrogens with zero attached hydrogens (tertiary/aromatic N) is 1. The van der Waals surface area contributed by atoms with Crippen molar-refractivity contribution in [1.29, 1.82) is 0 Å². The summed E-state index contributed by atoms with van der Waals surface area (Å²) < 4.78 is 28.0. The molecule has 0 spiro atoms. The molecular weight excluding hydrogens is 472 g/mol. The van der Waals surface area contributed by atoms with Gasteiger partial charge in [-0.05, 0) is 22.2 Å². The van der Waals surface area contributed by atoms with Crippen LogP contribution in [0.4, 0.5) is 0 Å². The zero-order valence-corrected chi connectivity index (χ0v) is 23.3. The molecule has 9 nitrogen and oxygen atoms in total. The zero-order valence-electron chi connectivity index (χ0n) is 21.3. The van der Waals surface area contributed by atoms with Crippen molar-refractivity contribution in [1.82, 2.24) is 9.55 Å². The first-order chi connectivity index (χ1) is 15.7. The van der Waals surface area contributed by atoms with E-state index < -0.39 is 52.4 Å². The molecule has 0 aliphatic carbocycles. The largest absolute Gasteiger partial charge is 0.414 e. The van der Waals surface area contributed by atoms with Crippen LogP contribution in [0.3, 0.4) is 0 Å². The van der Waals surface area contributed by atoms with Gasteiger partial charge < -0.3 is 22.8 Å². The minimum atomic E-state index is -3.07. The Hall–Kier alpha value is -1.53. The van der Waals surface area contributed by atoms with Gasteiger partial charge in [-0.1, -0.05) is 61.3 Å². The van der Waals surface area contributed by atoms with E-state index in [0.717, 1.165) is 4.57 Å². The first kappa shape index (κ1) is 27.1. The van der Waals surface area contributed by atoms with E-state index in [-0.39, 0.29) is 28.8 Å². The van der Waals surface area contributed by atoms with Crippen molar-refractivity contribution >= 4 is 17.1 Å². The molecule has 0 amide bonds. The molecule has 1 aromatic rings. The Bertz CT molecular complexity index is 1030. The molecule has 0 radical (unpaired) electrons. The number of aromatic amines is 1. The molecule has 34 heavy (non-hydrogen) atoms. The predicted molar refractivity (Wildman–Crippen MR) is 133 cm³/mol. The summed E-state index contributed by atoms with van der Waals surface area (Å²) in [6.07, 6.45) is 4.14. The molecule has 11 heteroatoms. The second-order valence-electron chi connectivity index (χ2n) is 10.5. The summed E-state index contributed by atoms with van der Waals surface area (Å²) in [6, 6.07) is 1.18. The molecule has 190 valence electrons. The number of aliphatic hydroxyl groups is 1. The number of hydrogen-bond acceptors (Lipinski definition) is 7. The van der Waals surface area contributed by atoms with E-state index >= 15 is 0 Å². The summed E-state index contributed by atoms with van der Waals surface area (Å²) in [5.41, 5.74) is -2.95. The molecule has 2 saturated heterocycles. The van der Waals surface area contributed by atoms with Crippen molar-refractivity contribution in [3.8, 4) is 12.3 Å². The highest BCUT2D eigenvalue weighted by atomic mass is 28.5. The number of nitrogens with one attached hydrogen (secondary N) is 1. The van der Waals surface area contributed by atoms with Crippen molar-refractivity contribution < 1.29 is 22.8 Å². The number of H-pyrrole nitrogens is 1. The number of fused-ring (bicyclic) bond motifs is 1. The Morgan fingerprint density at radius 3 is 2.12 bits per heavy atom. The smallest absolute Gasteiger partial charge is 0.335 e. The monoisotopic (exact) mass is 510 g/mol. The summed E-state index contributed by atoms with van der Waals surface area (Å²) >= 11 is 0. The first-order valence-corrected chi connectivity index (χ1v) is 15.9. The summed E-state index contributed by atoms with van der Waals surface area (Å²) in [4.78, 5) is 26.4. The standard InChI is InChI=1S/C23H38N2O7Si2/c1-10-23(28)20-18(30-21(23)25-12-11-19(26)24-22(25)27)13-29-33(14(2)3,15(4)5)32-34(31-20,16(6)7)17(8)9/h1,11-12,14-18,20-21,28H,13H2,2-9H3,(H,24,26,27)/t18-,20-,21-,23-/m1/s1. The zero-order chi connectivity index (χ0) is 25.6. The number of hydrogen-bond donors (Lipinski definition) is 2. The van der Waals surface area contributed by atoms with Gasteiger partial charge >= 0.3 is 22.8 Å². The van der Waals surface area contributed by atoms with Crippen LogP contribution >= 0.6 is 0 Å². The van der Waals surface area contributed by atoms with Crippen LogP contribution in [0.25, 0.3) is 0 Å². The maximum absolute atomic E-state index is 12.6. The Balaban J connectivity index is 2.19. The number of aromatic nitrogens is 2. The Kier molecular flexibility index (Phi) is 7.56. The van der Waals surface area contributed by atoms with Crippen LogP contribution in [0.5, 0.6) is 0 Å². The van der Waals surface area contributed by atoms with Crippen molar-refractivity contribution in [2.24, 2.45) is 0 Å². The van der Waals surface area contributed by atoms with E-state index in [9.17, 15) is 14.7 Å². The van der Waals surface area contributed by atoms with Crippen LogP contribution < -0.4 is 11.2 Å². The van der Waals surface area contributed by atoms with E-state index in [1.807, 2.05) is 0 Å². The van der Waals surface area contributed by atoms with Gasteiger partial charge in [0.05, 0.1) is 6.61 Å². The van der Waals surface area contributed by atoms with E-state index in [1.165, 1.54) is 12.3 Å². The lowest BCUT2D eigenvalue weighted by atomic mass is 9.95. The van der Waals surface area contributed by atoms with Crippen LogP contribution in [0.15, 0.2) is 21.9 Å². The fourth-order valence-corrected chi connectivity index (χ4v) is 16.4. The first-order valence-electron chi connectivity index (χ1n) is 11.9. The predicted octanol–water partition coefficient (Wildman–Crippen LogP) is 2.75. The van der Waals surface area contributed by atoms with Crippen molar-refractivity contribution in [2.45, 2.75) is 102 Å². The fourth-order valence-electron chi connectivity index (χ4n) is 5.22. The van der Waals surface area contributed by atoms with E-state index in [4.69, 9.17) is 24.1 Å². The van der Waals surface area contributed by atoms with Gasteiger partial charge in [0, 0.05) is 12.3 Å². The lowest BCUT2D eigenvalue weighted by Gasteiger charge is -2.51. The van der Waals surface area contributed by atoms with E-state index in [1.54, 1.807) is 0 Å². The van der Waals surface area contributed by atoms with Crippen LogP contribution in [0.1, 0.15) is 61.6 Å². The third-order valence-electron chi connectivity index (χ3n) is 7.11. The van der Waals surface area contributed by atoms with Crippen LogP contribution in [-0.4, -0.2) is 56.2 Å². The van der Waals surface area contributed by atoms with Crippen molar-refractivity contribution in [3.63, 3.8) is 0 Å². The molecule has 0 unspecified atom stereocenters. The molecule has 0 saturated carbocycles. The van der Waals surface area contributed by atoms with Gasteiger partial charge in [-0.25, -0.2) is 4.79 Å². The van der Waals surface area contributed by atoms with Gasteiger partial charge in [0.2, 0.25) is 0 Å². The second-order valence-corrected chi connectivity index (χ2v) is 19.4. The molecule has 2 N–H and O–H groups in total. The van der Waals surface area contributed by atoms with Crippen LogP contribution in [0, 0.1) is 12.3 Å². The molecule has 0 bridgehead atoms. The third-order valence-corrected chi connectivity index (χ3v) is 17.3. The summed E-state index contributed by atoms with van der Waals surface area (Å²) in [6.45, 7) is 16.8. The highest BCUT2D eigenvalue weighted by Gasteiger charge is 2.65. The molecule has 1 aromatic heterocycles. The number of rotatable bonds is 5. The Labute approximate surface area is 203 Å². The topological polar surface area (TPSA) is 112 Å². The van der Waals surface area contributed by atoms with Gasteiger partial charge in [0.1, 0.15) is 12.2 Å². The van der Waals surface area contributed by atoms with Gasteiger partial charge in [0.15, 0.2) is 11.8 Å². The molecule has 2 aliphatic heterocycles. The summed E-state index contributed by atoms with van der Waals surface area (Å²) in [5, 5.41) is 11.7. The van der Waals surface area contributed by atoms with Gasteiger partial charge in [0.25, 0.3) is 5.56 Å². The molecule has 3 heterocycles. The molecule has 0 aromatic carbocycles. The maximum Gasteiger partial charge on any atom is 0.335 e. The Morgan fingerprint density at radius 1 is 1.09 bits per heavy atom. The third kappa shape index (κ3) is 4.19. The lowest BCUT2D eigenvalue weighted by Crippen LogP contribution is -2.67. The average Bonchev–Trinajstić information content (AvgIpc) is 2.98. The molecule has 2 aliphatic rings. The normalized spacial score (nSPS) is 30.9. The molecule has 4 atom stereocenters. The van der Waals surface area contributed by atoms with E-state index in [2.05, 4.69) is 66.3 Å². The summed E-state index contributed by atoms with van der Waals surface area (Å²) in [5.74, 6) is 2.44. The highest BCUT2D eigenvalue weighted by Crippen LogP contribution is 2.50. The Morgan fingerprint density at radius 2 is 1.65 bits per heavy atom. The average molecular weight is 511 g/mol.